The lowest BCUT2D eigenvalue weighted by molar-refractivity contribution is -0.0966. The Kier molecular flexibility index (Phi) is 7.93. The van der Waals surface area contributed by atoms with Crippen LogP contribution >= 0.6 is 0 Å². The molecule has 0 aliphatic rings. The summed E-state index contributed by atoms with van der Waals surface area (Å²) >= 11 is 0. The molecule has 0 aromatic carbocycles. The summed E-state index contributed by atoms with van der Waals surface area (Å²) in [5.41, 5.74) is -0.449. The summed E-state index contributed by atoms with van der Waals surface area (Å²) in [5, 5.41) is 2.62. The molecule has 0 aliphatic heterocycles. The lowest BCUT2D eigenvalue weighted by atomic mass is 10.2. The largest absolute Gasteiger partial charge is 0.373 e. The predicted molar refractivity (Wildman–Crippen MR) is 69.5 cm³/mol. The van der Waals surface area contributed by atoms with Crippen molar-refractivity contribution in [2.45, 2.75) is 58.4 Å². The van der Waals surface area contributed by atoms with Gasteiger partial charge in [0.1, 0.15) is 12.8 Å². The molecule has 0 saturated carbocycles. The van der Waals surface area contributed by atoms with E-state index in [1.807, 2.05) is 0 Å². The SMILES string of the molecule is CC(C)NCC(F)(F)COCC(F)COC(C)(C)C. The molecule has 0 aliphatic carbocycles. The Morgan fingerprint density at radius 3 is 2.16 bits per heavy atom. The molecule has 0 saturated heterocycles. The summed E-state index contributed by atoms with van der Waals surface area (Å²) in [6.45, 7) is 7.15. The second-order valence-corrected chi connectivity index (χ2v) is 5.93. The average molecular weight is 285 g/mol. The number of halogens is 3. The molecule has 0 fully saturated rings. The molecule has 116 valence electrons. The number of hydrogen-bond donors (Lipinski definition) is 1. The maximum atomic E-state index is 13.3. The number of ether oxygens (including phenoxy) is 2. The Morgan fingerprint density at radius 1 is 1.11 bits per heavy atom. The Bertz CT molecular complexity index is 243. The van der Waals surface area contributed by atoms with E-state index in [4.69, 9.17) is 9.47 Å². The zero-order chi connectivity index (χ0) is 15.1. The van der Waals surface area contributed by atoms with Gasteiger partial charge in [0, 0.05) is 6.04 Å². The fraction of sp³-hybridized carbons (Fsp3) is 1.00. The third kappa shape index (κ3) is 12.4. The molecule has 1 N–H and O–H groups in total. The number of hydrogen-bond acceptors (Lipinski definition) is 3. The van der Waals surface area contributed by atoms with Gasteiger partial charge in [0.25, 0.3) is 5.92 Å². The standard InChI is InChI=1S/C13H26F3NO2/c1-10(2)17-8-13(15,16)9-18-6-11(14)7-19-12(3,4)5/h10-11,17H,6-9H2,1-5H3. The fourth-order valence-corrected chi connectivity index (χ4v) is 1.13. The van der Waals surface area contributed by atoms with Crippen molar-refractivity contribution in [1.82, 2.24) is 5.32 Å². The van der Waals surface area contributed by atoms with Crippen LogP contribution in [0.15, 0.2) is 0 Å². The van der Waals surface area contributed by atoms with E-state index in [1.165, 1.54) is 0 Å². The molecule has 0 aromatic heterocycles. The van der Waals surface area contributed by atoms with Crippen molar-refractivity contribution in [3.8, 4) is 0 Å². The highest BCUT2D eigenvalue weighted by Crippen LogP contribution is 2.14. The highest BCUT2D eigenvalue weighted by atomic mass is 19.3. The second kappa shape index (κ2) is 8.07. The molecule has 0 rings (SSSR count). The van der Waals surface area contributed by atoms with Crippen LogP contribution in [-0.2, 0) is 9.47 Å². The van der Waals surface area contributed by atoms with Crippen LogP contribution in [0.4, 0.5) is 13.2 Å². The topological polar surface area (TPSA) is 30.5 Å². The van der Waals surface area contributed by atoms with Gasteiger partial charge >= 0.3 is 0 Å². The van der Waals surface area contributed by atoms with E-state index in [2.05, 4.69) is 5.32 Å². The summed E-state index contributed by atoms with van der Waals surface area (Å²) in [6, 6.07) is -0.0278. The molecule has 0 bridgehead atoms. The van der Waals surface area contributed by atoms with Crippen LogP contribution in [0.3, 0.4) is 0 Å². The van der Waals surface area contributed by atoms with Gasteiger partial charge < -0.3 is 14.8 Å². The number of alkyl halides is 3. The van der Waals surface area contributed by atoms with Crippen molar-refractivity contribution >= 4 is 0 Å². The van der Waals surface area contributed by atoms with E-state index in [0.717, 1.165) is 0 Å². The molecule has 0 aromatic rings. The first-order chi connectivity index (χ1) is 8.52. The fourth-order valence-electron chi connectivity index (χ4n) is 1.13. The molecule has 0 radical (unpaired) electrons. The van der Waals surface area contributed by atoms with Crippen LogP contribution in [0, 0.1) is 0 Å². The van der Waals surface area contributed by atoms with Crippen molar-refractivity contribution < 1.29 is 22.6 Å². The molecule has 1 unspecified atom stereocenters. The minimum Gasteiger partial charge on any atom is -0.373 e. The Balaban J connectivity index is 3.76. The average Bonchev–Trinajstić information content (AvgIpc) is 2.23. The van der Waals surface area contributed by atoms with E-state index < -0.39 is 30.8 Å². The minimum absolute atomic E-state index is 0.0278. The third-order valence-electron chi connectivity index (χ3n) is 2.08. The maximum absolute atomic E-state index is 13.3. The first-order valence-electron chi connectivity index (χ1n) is 6.49. The lowest BCUT2D eigenvalue weighted by Gasteiger charge is -2.22. The second-order valence-electron chi connectivity index (χ2n) is 5.93. The van der Waals surface area contributed by atoms with Gasteiger partial charge in [-0.2, -0.15) is 0 Å². The Hall–Kier alpha value is -0.330. The zero-order valence-electron chi connectivity index (χ0n) is 12.4. The van der Waals surface area contributed by atoms with Crippen molar-refractivity contribution in [2.75, 3.05) is 26.4 Å². The van der Waals surface area contributed by atoms with Crippen LogP contribution < -0.4 is 5.32 Å². The van der Waals surface area contributed by atoms with Crippen LogP contribution in [-0.4, -0.2) is 50.1 Å². The minimum atomic E-state index is -2.99. The molecular weight excluding hydrogens is 259 g/mol. The van der Waals surface area contributed by atoms with Gasteiger partial charge in [-0.1, -0.05) is 13.8 Å². The first-order valence-corrected chi connectivity index (χ1v) is 6.49. The molecule has 19 heavy (non-hydrogen) atoms. The number of nitrogens with one attached hydrogen (secondary N) is 1. The van der Waals surface area contributed by atoms with E-state index in [0.29, 0.717) is 0 Å². The maximum Gasteiger partial charge on any atom is 0.283 e. The summed E-state index contributed by atoms with van der Waals surface area (Å²) in [4.78, 5) is 0. The van der Waals surface area contributed by atoms with Crippen LogP contribution in [0.1, 0.15) is 34.6 Å². The summed E-state index contributed by atoms with van der Waals surface area (Å²) in [5.74, 6) is -2.99. The third-order valence-corrected chi connectivity index (χ3v) is 2.08. The molecule has 1 atom stereocenters. The van der Waals surface area contributed by atoms with Gasteiger partial charge in [-0.25, -0.2) is 13.2 Å². The van der Waals surface area contributed by atoms with Crippen molar-refractivity contribution in [3.63, 3.8) is 0 Å². The molecule has 0 spiro atoms. The van der Waals surface area contributed by atoms with Gasteiger partial charge in [0.15, 0.2) is 0 Å². The highest BCUT2D eigenvalue weighted by molar-refractivity contribution is 4.71. The molecule has 6 heteroatoms. The van der Waals surface area contributed by atoms with Crippen LogP contribution in [0.2, 0.25) is 0 Å². The van der Waals surface area contributed by atoms with E-state index in [-0.39, 0.29) is 19.3 Å². The summed E-state index contributed by atoms with van der Waals surface area (Å²) in [6.07, 6.45) is -1.40. The molecular formula is C13H26F3NO2. The molecule has 0 heterocycles. The normalized spacial score (nSPS) is 15.0. The summed E-state index contributed by atoms with van der Waals surface area (Å²) in [7, 11) is 0. The number of rotatable bonds is 9. The van der Waals surface area contributed by atoms with E-state index >= 15 is 0 Å². The van der Waals surface area contributed by atoms with Gasteiger partial charge in [0.2, 0.25) is 0 Å². The van der Waals surface area contributed by atoms with Crippen LogP contribution in [0.5, 0.6) is 0 Å². The summed E-state index contributed by atoms with van der Waals surface area (Å²) < 4.78 is 49.8. The quantitative estimate of drug-likeness (QED) is 0.706. The monoisotopic (exact) mass is 285 g/mol. The Labute approximate surface area is 113 Å². The van der Waals surface area contributed by atoms with E-state index in [1.54, 1.807) is 34.6 Å². The zero-order valence-corrected chi connectivity index (χ0v) is 12.4. The van der Waals surface area contributed by atoms with Crippen molar-refractivity contribution in [2.24, 2.45) is 0 Å². The van der Waals surface area contributed by atoms with E-state index in [9.17, 15) is 13.2 Å². The molecule has 0 amide bonds. The first kappa shape index (κ1) is 18.7. The van der Waals surface area contributed by atoms with Gasteiger partial charge in [-0.3, -0.25) is 0 Å². The van der Waals surface area contributed by atoms with Gasteiger partial charge in [-0.15, -0.1) is 0 Å². The highest BCUT2D eigenvalue weighted by Gasteiger charge is 2.29. The lowest BCUT2D eigenvalue weighted by Crippen LogP contribution is -2.40. The smallest absolute Gasteiger partial charge is 0.283 e. The van der Waals surface area contributed by atoms with Crippen molar-refractivity contribution in [3.05, 3.63) is 0 Å². The Morgan fingerprint density at radius 2 is 1.68 bits per heavy atom. The van der Waals surface area contributed by atoms with Gasteiger partial charge in [-0.05, 0) is 20.8 Å². The predicted octanol–water partition coefficient (Wildman–Crippen LogP) is 2.79. The van der Waals surface area contributed by atoms with Gasteiger partial charge in [0.05, 0.1) is 25.4 Å². The molecule has 3 nitrogen and oxygen atoms in total. The van der Waals surface area contributed by atoms with Crippen molar-refractivity contribution in [1.29, 1.82) is 0 Å². The van der Waals surface area contributed by atoms with Crippen LogP contribution in [0.25, 0.3) is 0 Å².